The molecule has 0 saturated carbocycles. The molecule has 4 N–H and O–H groups in total. The second-order valence-corrected chi connectivity index (χ2v) is 4.84. The van der Waals surface area contributed by atoms with Crippen LogP contribution in [0.15, 0.2) is 29.1 Å². The molecule has 0 saturated heterocycles. The zero-order valence-electron chi connectivity index (χ0n) is 10.4. The van der Waals surface area contributed by atoms with Gasteiger partial charge in [-0.2, -0.15) is 4.98 Å². The fraction of sp³-hybridized carbons (Fsp3) is 0.231. The van der Waals surface area contributed by atoms with Gasteiger partial charge < -0.3 is 15.8 Å². The third kappa shape index (κ3) is 3.13. The zero-order chi connectivity index (χ0) is 14.0. The Morgan fingerprint density at radius 3 is 2.58 bits per heavy atom. The third-order valence-electron chi connectivity index (χ3n) is 2.60. The van der Waals surface area contributed by atoms with E-state index in [2.05, 4.69) is 9.97 Å². The van der Waals surface area contributed by atoms with E-state index in [-0.39, 0.29) is 17.5 Å². The second-order valence-electron chi connectivity index (χ2n) is 4.40. The average molecular weight is 280 g/mol. The van der Waals surface area contributed by atoms with E-state index in [4.69, 9.17) is 17.3 Å². The van der Waals surface area contributed by atoms with Crippen LogP contribution in [0.5, 0.6) is 5.88 Å². The lowest BCUT2D eigenvalue weighted by Crippen LogP contribution is -2.22. The van der Waals surface area contributed by atoms with Gasteiger partial charge in [0.15, 0.2) is 0 Å². The molecule has 2 rings (SSSR count). The summed E-state index contributed by atoms with van der Waals surface area (Å²) in [5.74, 6) is 0.0666. The van der Waals surface area contributed by atoms with Crippen molar-refractivity contribution in [1.29, 1.82) is 0 Å². The highest BCUT2D eigenvalue weighted by Crippen LogP contribution is 2.24. The highest BCUT2D eigenvalue weighted by molar-refractivity contribution is 6.30. The number of hydrogen-bond donors (Lipinski definition) is 3. The number of hydrogen-bond acceptors (Lipinski definition) is 4. The van der Waals surface area contributed by atoms with Gasteiger partial charge in [-0.25, -0.2) is 0 Å². The Hall–Kier alpha value is -1.85. The number of nitrogens with two attached hydrogens (primary N) is 1. The first-order valence-electron chi connectivity index (χ1n) is 5.81. The lowest BCUT2D eigenvalue weighted by atomic mass is 10.1. The average Bonchev–Trinajstić information content (AvgIpc) is 2.29. The molecule has 2 aromatic rings. The van der Waals surface area contributed by atoms with Crippen molar-refractivity contribution in [1.82, 2.24) is 9.97 Å². The van der Waals surface area contributed by atoms with E-state index in [0.29, 0.717) is 22.8 Å². The number of H-pyrrole nitrogens is 1. The molecule has 0 aliphatic heterocycles. The molecule has 5 nitrogen and oxygen atoms in total. The predicted octanol–water partition coefficient (Wildman–Crippen LogP) is 1.69. The Bertz CT molecular complexity index is 635. The monoisotopic (exact) mass is 279 g/mol. The van der Waals surface area contributed by atoms with Crippen LogP contribution in [0.3, 0.4) is 0 Å². The highest BCUT2D eigenvalue weighted by Gasteiger charge is 2.13. The van der Waals surface area contributed by atoms with Crippen molar-refractivity contribution in [3.63, 3.8) is 0 Å². The molecule has 0 aliphatic carbocycles. The van der Waals surface area contributed by atoms with Gasteiger partial charge in [0.05, 0.1) is 0 Å². The molecule has 0 aliphatic rings. The Morgan fingerprint density at radius 1 is 1.42 bits per heavy atom. The molecular weight excluding hydrogens is 266 g/mol. The number of aromatic hydroxyl groups is 1. The number of aromatic amines is 1. The van der Waals surface area contributed by atoms with Crippen LogP contribution in [-0.2, 0) is 6.42 Å². The van der Waals surface area contributed by atoms with Gasteiger partial charge in [0, 0.05) is 17.5 Å². The maximum absolute atomic E-state index is 12.0. The number of rotatable bonds is 3. The Balaban J connectivity index is 2.48. The summed E-state index contributed by atoms with van der Waals surface area (Å²) in [7, 11) is 0. The summed E-state index contributed by atoms with van der Waals surface area (Å²) in [5, 5.41) is 10.5. The molecule has 0 spiro atoms. The molecule has 1 aromatic heterocycles. The van der Waals surface area contributed by atoms with Crippen LogP contribution in [0.25, 0.3) is 11.1 Å². The standard InChI is InChI=1S/C13H14ClN3O2/c1-7(15)6-10-16-12(18)11(13(19)17-10)8-2-4-9(14)5-3-8/h2-5,7H,6,15H2,1H3,(H2,16,17,18,19). The molecule has 19 heavy (non-hydrogen) atoms. The van der Waals surface area contributed by atoms with Crippen molar-refractivity contribution in [3.05, 3.63) is 45.5 Å². The molecule has 1 aromatic carbocycles. The minimum atomic E-state index is -0.398. The summed E-state index contributed by atoms with van der Waals surface area (Å²) in [5.41, 5.74) is 5.92. The molecule has 1 unspecified atom stereocenters. The lowest BCUT2D eigenvalue weighted by molar-refractivity contribution is 0.449. The summed E-state index contributed by atoms with van der Waals surface area (Å²) in [6, 6.07) is 6.44. The summed E-state index contributed by atoms with van der Waals surface area (Å²) >= 11 is 5.78. The SMILES string of the molecule is CC(N)Cc1nc(O)c(-c2ccc(Cl)cc2)c(=O)[nH]1. The second kappa shape index (κ2) is 5.42. The van der Waals surface area contributed by atoms with E-state index in [9.17, 15) is 9.90 Å². The fourth-order valence-electron chi connectivity index (χ4n) is 1.79. The fourth-order valence-corrected chi connectivity index (χ4v) is 1.91. The minimum absolute atomic E-state index is 0.130. The summed E-state index contributed by atoms with van der Waals surface area (Å²) in [6.07, 6.45) is 0.393. The van der Waals surface area contributed by atoms with Crippen molar-refractivity contribution in [3.8, 4) is 17.0 Å². The van der Waals surface area contributed by atoms with Crippen LogP contribution in [0.4, 0.5) is 0 Å². The Morgan fingerprint density at radius 2 is 2.05 bits per heavy atom. The summed E-state index contributed by atoms with van der Waals surface area (Å²) in [4.78, 5) is 18.6. The Kier molecular flexibility index (Phi) is 3.87. The van der Waals surface area contributed by atoms with E-state index in [1.807, 2.05) is 0 Å². The maximum Gasteiger partial charge on any atom is 0.262 e. The maximum atomic E-state index is 12.0. The molecule has 0 radical (unpaired) electrons. The molecule has 6 heteroatoms. The van der Waals surface area contributed by atoms with Gasteiger partial charge in [-0.3, -0.25) is 4.79 Å². The normalized spacial score (nSPS) is 12.4. The van der Waals surface area contributed by atoms with Crippen LogP contribution in [0, 0.1) is 0 Å². The van der Waals surface area contributed by atoms with E-state index in [1.54, 1.807) is 31.2 Å². The van der Waals surface area contributed by atoms with Gasteiger partial charge in [-0.15, -0.1) is 0 Å². The molecule has 0 fully saturated rings. The largest absolute Gasteiger partial charge is 0.493 e. The van der Waals surface area contributed by atoms with Crippen molar-refractivity contribution in [2.45, 2.75) is 19.4 Å². The Labute approximate surface area is 115 Å². The van der Waals surface area contributed by atoms with Crippen LogP contribution in [0.1, 0.15) is 12.7 Å². The number of nitrogens with zero attached hydrogens (tertiary/aromatic N) is 1. The number of halogens is 1. The van der Waals surface area contributed by atoms with Gasteiger partial charge in [0.25, 0.3) is 5.56 Å². The van der Waals surface area contributed by atoms with Gasteiger partial charge in [-0.05, 0) is 24.6 Å². The first-order valence-corrected chi connectivity index (χ1v) is 6.19. The number of benzene rings is 1. The van der Waals surface area contributed by atoms with Crippen molar-refractivity contribution in [2.24, 2.45) is 5.73 Å². The molecular formula is C13H14ClN3O2. The van der Waals surface area contributed by atoms with Crippen LogP contribution in [-0.4, -0.2) is 21.1 Å². The lowest BCUT2D eigenvalue weighted by Gasteiger charge is -2.08. The van der Waals surface area contributed by atoms with Crippen molar-refractivity contribution in [2.75, 3.05) is 0 Å². The third-order valence-corrected chi connectivity index (χ3v) is 2.85. The first-order chi connectivity index (χ1) is 8.97. The zero-order valence-corrected chi connectivity index (χ0v) is 11.1. The van der Waals surface area contributed by atoms with Gasteiger partial charge in [0.1, 0.15) is 11.4 Å². The first kappa shape index (κ1) is 13.6. The van der Waals surface area contributed by atoms with Crippen LogP contribution in [0.2, 0.25) is 5.02 Å². The number of nitrogens with one attached hydrogen (secondary N) is 1. The van der Waals surface area contributed by atoms with E-state index < -0.39 is 5.56 Å². The van der Waals surface area contributed by atoms with Gasteiger partial charge in [0.2, 0.25) is 5.88 Å². The van der Waals surface area contributed by atoms with Gasteiger partial charge >= 0.3 is 0 Å². The highest BCUT2D eigenvalue weighted by atomic mass is 35.5. The minimum Gasteiger partial charge on any atom is -0.493 e. The van der Waals surface area contributed by atoms with Crippen molar-refractivity contribution >= 4 is 11.6 Å². The molecule has 0 bridgehead atoms. The van der Waals surface area contributed by atoms with Crippen LogP contribution < -0.4 is 11.3 Å². The quantitative estimate of drug-likeness (QED) is 0.797. The van der Waals surface area contributed by atoms with E-state index in [0.717, 1.165) is 0 Å². The summed E-state index contributed by atoms with van der Waals surface area (Å²) < 4.78 is 0. The van der Waals surface area contributed by atoms with Crippen LogP contribution >= 0.6 is 11.6 Å². The van der Waals surface area contributed by atoms with E-state index >= 15 is 0 Å². The number of aromatic nitrogens is 2. The van der Waals surface area contributed by atoms with Gasteiger partial charge in [-0.1, -0.05) is 23.7 Å². The smallest absolute Gasteiger partial charge is 0.262 e. The van der Waals surface area contributed by atoms with E-state index in [1.165, 1.54) is 0 Å². The molecule has 0 amide bonds. The molecule has 1 atom stereocenters. The topological polar surface area (TPSA) is 92.0 Å². The molecule has 100 valence electrons. The van der Waals surface area contributed by atoms with Crippen molar-refractivity contribution < 1.29 is 5.11 Å². The predicted molar refractivity (Wildman–Crippen MR) is 74.3 cm³/mol. The summed E-state index contributed by atoms with van der Waals surface area (Å²) in [6.45, 7) is 1.80. The molecule has 1 heterocycles.